The number of nitrogens with two attached hydrogens (primary N) is 1. The van der Waals surface area contributed by atoms with Crippen molar-refractivity contribution >= 4 is 50.6 Å². The van der Waals surface area contributed by atoms with E-state index in [1.165, 1.54) is 14.2 Å². The van der Waals surface area contributed by atoms with E-state index in [2.05, 4.69) is 10.6 Å². The lowest BCUT2D eigenvalue weighted by atomic mass is 10.1. The number of rotatable bonds is 6. The number of amides is 1. The molecule has 1 aromatic heterocycles. The SMILES string of the molecule is COc1cc(NC(=O)Oc2cc(N)cc(Nc3c4ccccc4nc4ccccc34)c2)cc(OC)c1. The largest absolute Gasteiger partial charge is 0.497 e. The molecule has 5 aromatic rings. The first kappa shape index (κ1) is 22.8. The van der Waals surface area contributed by atoms with E-state index in [4.69, 9.17) is 24.9 Å². The Morgan fingerprint density at radius 2 is 1.33 bits per heavy atom. The Bertz CT molecular complexity index is 1510. The number of carbonyl (C=O) groups is 1. The zero-order valence-electron chi connectivity index (χ0n) is 19.7. The van der Waals surface area contributed by atoms with Crippen LogP contribution < -0.4 is 30.6 Å². The number of para-hydroxylation sites is 2. The van der Waals surface area contributed by atoms with Gasteiger partial charge in [-0.25, -0.2) is 9.78 Å². The van der Waals surface area contributed by atoms with Crippen LogP contribution in [0.3, 0.4) is 0 Å². The number of aromatic nitrogens is 1. The molecule has 0 unspecified atom stereocenters. The second-order valence-corrected chi connectivity index (χ2v) is 8.05. The number of hydrogen-bond acceptors (Lipinski definition) is 7. The zero-order chi connectivity index (χ0) is 25.1. The molecule has 4 N–H and O–H groups in total. The van der Waals surface area contributed by atoms with Gasteiger partial charge in [0.25, 0.3) is 0 Å². The first-order valence-corrected chi connectivity index (χ1v) is 11.2. The molecule has 0 saturated heterocycles. The number of benzene rings is 4. The van der Waals surface area contributed by atoms with E-state index in [0.717, 1.165) is 27.5 Å². The number of ether oxygens (including phenoxy) is 3. The van der Waals surface area contributed by atoms with Gasteiger partial charge in [-0.2, -0.15) is 0 Å². The Morgan fingerprint density at radius 3 is 1.94 bits per heavy atom. The predicted molar refractivity (Wildman–Crippen MR) is 143 cm³/mol. The number of nitrogen functional groups attached to an aromatic ring is 1. The van der Waals surface area contributed by atoms with Gasteiger partial charge in [-0.15, -0.1) is 0 Å². The summed E-state index contributed by atoms with van der Waals surface area (Å²) in [5, 5.41) is 8.07. The number of carbonyl (C=O) groups excluding carboxylic acids is 1. The topological polar surface area (TPSA) is 108 Å². The average molecular weight is 481 g/mol. The lowest BCUT2D eigenvalue weighted by Gasteiger charge is -2.15. The quantitative estimate of drug-likeness (QED) is 0.192. The first-order valence-electron chi connectivity index (χ1n) is 11.2. The van der Waals surface area contributed by atoms with Gasteiger partial charge in [0.05, 0.1) is 36.6 Å². The van der Waals surface area contributed by atoms with Crippen LogP contribution in [0.4, 0.5) is 27.5 Å². The smallest absolute Gasteiger partial charge is 0.417 e. The van der Waals surface area contributed by atoms with Gasteiger partial charge in [-0.1, -0.05) is 36.4 Å². The molecule has 1 amide bonds. The van der Waals surface area contributed by atoms with Crippen molar-refractivity contribution in [2.45, 2.75) is 0 Å². The second-order valence-electron chi connectivity index (χ2n) is 8.05. The molecule has 1 heterocycles. The molecule has 4 aromatic carbocycles. The minimum absolute atomic E-state index is 0.285. The molecule has 0 bridgehead atoms. The third-order valence-electron chi connectivity index (χ3n) is 5.59. The van der Waals surface area contributed by atoms with Gasteiger partial charge >= 0.3 is 6.09 Å². The van der Waals surface area contributed by atoms with Gasteiger partial charge < -0.3 is 25.3 Å². The number of fused-ring (bicyclic) bond motifs is 2. The molecule has 0 aliphatic rings. The Labute approximate surface area is 207 Å². The van der Waals surface area contributed by atoms with Crippen LogP contribution in [0.5, 0.6) is 17.2 Å². The fourth-order valence-electron chi connectivity index (χ4n) is 4.00. The highest BCUT2D eigenvalue weighted by atomic mass is 16.6. The van der Waals surface area contributed by atoms with Crippen molar-refractivity contribution in [2.75, 3.05) is 30.6 Å². The molecule has 0 radical (unpaired) electrons. The van der Waals surface area contributed by atoms with Crippen LogP contribution in [0.15, 0.2) is 84.9 Å². The molecule has 0 spiro atoms. The molecular formula is C28H24N4O4. The van der Waals surface area contributed by atoms with Crippen LogP contribution in [0.2, 0.25) is 0 Å². The van der Waals surface area contributed by atoms with E-state index >= 15 is 0 Å². The van der Waals surface area contributed by atoms with Crippen molar-refractivity contribution < 1.29 is 19.0 Å². The molecule has 8 nitrogen and oxygen atoms in total. The van der Waals surface area contributed by atoms with Crippen molar-refractivity contribution in [3.63, 3.8) is 0 Å². The van der Waals surface area contributed by atoms with Crippen LogP contribution in [0.25, 0.3) is 21.8 Å². The van der Waals surface area contributed by atoms with Gasteiger partial charge in [0.2, 0.25) is 0 Å². The lowest BCUT2D eigenvalue weighted by Crippen LogP contribution is -2.17. The van der Waals surface area contributed by atoms with E-state index in [1.807, 2.05) is 48.5 Å². The van der Waals surface area contributed by atoms with Gasteiger partial charge in [0, 0.05) is 52.5 Å². The summed E-state index contributed by atoms with van der Waals surface area (Å²) in [5.74, 6) is 1.36. The van der Waals surface area contributed by atoms with E-state index < -0.39 is 6.09 Å². The zero-order valence-corrected chi connectivity index (χ0v) is 19.7. The van der Waals surface area contributed by atoms with Crippen molar-refractivity contribution in [2.24, 2.45) is 0 Å². The maximum Gasteiger partial charge on any atom is 0.417 e. The number of nitrogens with one attached hydrogen (secondary N) is 2. The monoisotopic (exact) mass is 480 g/mol. The summed E-state index contributed by atoms with van der Waals surface area (Å²) >= 11 is 0. The number of nitrogens with zero attached hydrogens (tertiary/aromatic N) is 1. The maximum absolute atomic E-state index is 12.6. The molecule has 8 heteroatoms. The summed E-state index contributed by atoms with van der Waals surface area (Å²) in [7, 11) is 3.07. The molecule has 5 rings (SSSR count). The summed E-state index contributed by atoms with van der Waals surface area (Å²) in [6.07, 6.45) is -0.679. The standard InChI is InChI=1S/C28H24N4O4/c1-34-20-13-19(14-21(16-20)35-2)31-28(33)36-22-12-17(29)11-18(15-22)30-27-23-7-3-5-9-25(23)32-26-10-6-4-8-24(26)27/h3-16H,29H2,1-2H3,(H,30,32)(H,31,33). The summed E-state index contributed by atoms with van der Waals surface area (Å²) < 4.78 is 16.0. The summed E-state index contributed by atoms with van der Waals surface area (Å²) in [6.45, 7) is 0. The highest BCUT2D eigenvalue weighted by molar-refractivity contribution is 6.08. The van der Waals surface area contributed by atoms with Gasteiger partial charge in [0.15, 0.2) is 0 Å². The molecular weight excluding hydrogens is 456 g/mol. The fourth-order valence-corrected chi connectivity index (χ4v) is 4.00. The van der Waals surface area contributed by atoms with E-state index in [1.54, 1.807) is 36.4 Å². The highest BCUT2D eigenvalue weighted by Gasteiger charge is 2.12. The van der Waals surface area contributed by atoms with Crippen molar-refractivity contribution in [1.82, 2.24) is 4.98 Å². The second kappa shape index (κ2) is 9.71. The van der Waals surface area contributed by atoms with Crippen LogP contribution in [-0.4, -0.2) is 25.3 Å². The molecule has 0 saturated carbocycles. The molecule has 0 atom stereocenters. The molecule has 0 aliphatic carbocycles. The number of anilines is 4. The summed E-state index contributed by atoms with van der Waals surface area (Å²) in [4.78, 5) is 17.4. The van der Waals surface area contributed by atoms with Gasteiger partial charge in [-0.3, -0.25) is 5.32 Å². The normalized spacial score (nSPS) is 10.7. The Balaban J connectivity index is 1.43. The Hall–Kier alpha value is -4.98. The fraction of sp³-hybridized carbons (Fsp3) is 0.0714. The Kier molecular flexibility index (Phi) is 6.15. The van der Waals surface area contributed by atoms with E-state index in [9.17, 15) is 4.79 Å². The third-order valence-corrected chi connectivity index (χ3v) is 5.59. The summed E-state index contributed by atoms with van der Waals surface area (Å²) in [6, 6.07) is 25.9. The predicted octanol–water partition coefficient (Wildman–Crippen LogP) is 6.34. The number of methoxy groups -OCH3 is 2. The Morgan fingerprint density at radius 1 is 0.750 bits per heavy atom. The van der Waals surface area contributed by atoms with E-state index in [-0.39, 0.29) is 5.75 Å². The van der Waals surface area contributed by atoms with Crippen molar-refractivity contribution in [3.05, 3.63) is 84.9 Å². The van der Waals surface area contributed by atoms with Gasteiger partial charge in [-0.05, 0) is 18.2 Å². The third kappa shape index (κ3) is 4.78. The highest BCUT2D eigenvalue weighted by Crippen LogP contribution is 2.35. The van der Waals surface area contributed by atoms with Crippen LogP contribution in [-0.2, 0) is 0 Å². The maximum atomic E-state index is 12.6. The molecule has 36 heavy (non-hydrogen) atoms. The summed E-state index contributed by atoms with van der Waals surface area (Å²) in [5.41, 5.74) is 10.3. The minimum Gasteiger partial charge on any atom is -0.497 e. The van der Waals surface area contributed by atoms with Crippen LogP contribution in [0, 0.1) is 0 Å². The average Bonchev–Trinajstić information content (AvgIpc) is 2.87. The molecule has 180 valence electrons. The first-order chi connectivity index (χ1) is 17.5. The minimum atomic E-state index is -0.679. The number of hydrogen-bond donors (Lipinski definition) is 3. The van der Waals surface area contributed by atoms with Crippen LogP contribution in [0.1, 0.15) is 0 Å². The number of pyridine rings is 1. The molecule has 0 aliphatic heterocycles. The van der Waals surface area contributed by atoms with Crippen molar-refractivity contribution in [3.8, 4) is 17.2 Å². The van der Waals surface area contributed by atoms with Gasteiger partial charge in [0.1, 0.15) is 17.2 Å². The molecule has 0 fully saturated rings. The van der Waals surface area contributed by atoms with E-state index in [0.29, 0.717) is 28.6 Å². The van der Waals surface area contributed by atoms with Crippen molar-refractivity contribution in [1.29, 1.82) is 0 Å². The van der Waals surface area contributed by atoms with Crippen LogP contribution >= 0.6 is 0 Å². The lowest BCUT2D eigenvalue weighted by molar-refractivity contribution is 0.215.